The molecule has 1 aliphatic rings. The van der Waals surface area contributed by atoms with E-state index in [0.29, 0.717) is 24.4 Å². The van der Waals surface area contributed by atoms with Crippen LogP contribution in [0.15, 0.2) is 22.7 Å². The first-order valence-corrected chi connectivity index (χ1v) is 7.26. The van der Waals surface area contributed by atoms with Crippen molar-refractivity contribution in [2.24, 2.45) is 0 Å². The zero-order valence-corrected chi connectivity index (χ0v) is 12.1. The lowest BCUT2D eigenvalue weighted by molar-refractivity contribution is -0.0112. The molecule has 2 nitrogen and oxygen atoms in total. The topological polar surface area (TPSA) is 32.3 Å². The molecule has 0 radical (unpaired) electrons. The van der Waals surface area contributed by atoms with Gasteiger partial charge in [0.25, 0.3) is 0 Å². The Morgan fingerprint density at radius 1 is 1.44 bits per heavy atom. The molecule has 0 atom stereocenters. The van der Waals surface area contributed by atoms with Gasteiger partial charge in [0.2, 0.25) is 0 Å². The summed E-state index contributed by atoms with van der Waals surface area (Å²) in [6.45, 7) is 3.02. The standard InChI is InChI=1S/C14H19BrFNO/c1-2-17-11-5-7-14(18,8-6-11)12-9-10(15)3-4-13(12)16/h3-4,9,11,17-18H,2,5-8H2,1H3. The van der Waals surface area contributed by atoms with Gasteiger partial charge in [-0.3, -0.25) is 0 Å². The normalized spacial score (nSPS) is 28.3. The fraction of sp³-hybridized carbons (Fsp3) is 0.571. The zero-order valence-electron chi connectivity index (χ0n) is 10.5. The minimum Gasteiger partial charge on any atom is -0.385 e. The zero-order chi connectivity index (χ0) is 13.2. The highest BCUT2D eigenvalue weighted by atomic mass is 79.9. The molecule has 18 heavy (non-hydrogen) atoms. The Hall–Kier alpha value is -0.450. The number of hydrogen-bond acceptors (Lipinski definition) is 2. The number of halogens is 2. The Kier molecular flexibility index (Phi) is 4.41. The molecule has 100 valence electrons. The maximum Gasteiger partial charge on any atom is 0.129 e. The predicted molar refractivity (Wildman–Crippen MR) is 73.9 cm³/mol. The minimum absolute atomic E-state index is 0.317. The highest BCUT2D eigenvalue weighted by Crippen LogP contribution is 2.39. The van der Waals surface area contributed by atoms with Gasteiger partial charge in [0, 0.05) is 16.1 Å². The van der Waals surface area contributed by atoms with E-state index in [0.717, 1.165) is 23.9 Å². The van der Waals surface area contributed by atoms with Gasteiger partial charge in [-0.2, -0.15) is 0 Å². The Morgan fingerprint density at radius 3 is 2.72 bits per heavy atom. The molecule has 1 saturated carbocycles. The molecular formula is C14H19BrFNO. The molecule has 4 heteroatoms. The molecular weight excluding hydrogens is 297 g/mol. The number of benzene rings is 1. The monoisotopic (exact) mass is 315 g/mol. The third kappa shape index (κ3) is 2.92. The third-order valence-corrected chi connectivity index (χ3v) is 4.23. The van der Waals surface area contributed by atoms with Gasteiger partial charge < -0.3 is 10.4 Å². The second-order valence-electron chi connectivity index (χ2n) is 4.99. The van der Waals surface area contributed by atoms with Crippen molar-refractivity contribution in [3.8, 4) is 0 Å². The van der Waals surface area contributed by atoms with E-state index in [1.54, 1.807) is 12.1 Å². The highest BCUT2D eigenvalue weighted by Gasteiger charge is 2.36. The third-order valence-electron chi connectivity index (χ3n) is 3.74. The van der Waals surface area contributed by atoms with Crippen LogP contribution in [0.5, 0.6) is 0 Å². The quantitative estimate of drug-likeness (QED) is 0.896. The SMILES string of the molecule is CCNC1CCC(O)(c2cc(Br)ccc2F)CC1. The lowest BCUT2D eigenvalue weighted by Gasteiger charge is -2.37. The van der Waals surface area contributed by atoms with E-state index in [1.807, 2.05) is 0 Å². The van der Waals surface area contributed by atoms with Crippen molar-refractivity contribution < 1.29 is 9.50 Å². The Morgan fingerprint density at radius 2 is 2.11 bits per heavy atom. The van der Waals surface area contributed by atoms with Crippen molar-refractivity contribution in [3.63, 3.8) is 0 Å². The summed E-state index contributed by atoms with van der Waals surface area (Å²) in [6, 6.07) is 5.22. The summed E-state index contributed by atoms with van der Waals surface area (Å²) >= 11 is 3.33. The van der Waals surface area contributed by atoms with Crippen LogP contribution >= 0.6 is 15.9 Å². The second kappa shape index (κ2) is 5.68. The first-order valence-electron chi connectivity index (χ1n) is 6.46. The summed E-state index contributed by atoms with van der Waals surface area (Å²) in [6.07, 6.45) is 2.99. The molecule has 1 aromatic rings. The van der Waals surface area contributed by atoms with Crippen LogP contribution in [0.4, 0.5) is 4.39 Å². The summed E-state index contributed by atoms with van der Waals surface area (Å²) in [5, 5.41) is 14.0. The number of hydrogen-bond donors (Lipinski definition) is 2. The van der Waals surface area contributed by atoms with E-state index < -0.39 is 5.60 Å². The number of rotatable bonds is 3. The first-order chi connectivity index (χ1) is 8.55. The summed E-state index contributed by atoms with van der Waals surface area (Å²) in [5.41, 5.74) is -0.591. The summed E-state index contributed by atoms with van der Waals surface area (Å²) < 4.78 is 14.7. The van der Waals surface area contributed by atoms with Crippen LogP contribution < -0.4 is 5.32 Å². The fourth-order valence-electron chi connectivity index (χ4n) is 2.71. The molecule has 0 aliphatic heterocycles. The average Bonchev–Trinajstić information content (AvgIpc) is 2.36. The molecule has 0 spiro atoms. The van der Waals surface area contributed by atoms with Gasteiger partial charge in [0.1, 0.15) is 5.82 Å². The van der Waals surface area contributed by atoms with Crippen LogP contribution in [0.3, 0.4) is 0 Å². The van der Waals surface area contributed by atoms with E-state index in [4.69, 9.17) is 0 Å². The summed E-state index contributed by atoms with van der Waals surface area (Å²) in [7, 11) is 0. The van der Waals surface area contributed by atoms with E-state index in [1.165, 1.54) is 6.07 Å². The Labute approximate surface area is 116 Å². The van der Waals surface area contributed by atoms with E-state index >= 15 is 0 Å². The molecule has 1 fully saturated rings. The van der Waals surface area contributed by atoms with Crippen LogP contribution in [0.1, 0.15) is 38.2 Å². The molecule has 1 aromatic carbocycles. The Balaban J connectivity index is 2.15. The minimum atomic E-state index is -1.01. The van der Waals surface area contributed by atoms with Gasteiger partial charge in [-0.25, -0.2) is 4.39 Å². The lowest BCUT2D eigenvalue weighted by atomic mass is 9.77. The number of nitrogens with one attached hydrogen (secondary N) is 1. The van der Waals surface area contributed by atoms with Crippen LogP contribution in [0, 0.1) is 5.82 Å². The fourth-order valence-corrected chi connectivity index (χ4v) is 3.07. The van der Waals surface area contributed by atoms with Crippen molar-refractivity contribution in [1.29, 1.82) is 0 Å². The maximum absolute atomic E-state index is 13.8. The summed E-state index contributed by atoms with van der Waals surface area (Å²) in [4.78, 5) is 0. The van der Waals surface area contributed by atoms with E-state index in [-0.39, 0.29) is 5.82 Å². The maximum atomic E-state index is 13.8. The number of aliphatic hydroxyl groups is 1. The first kappa shape index (κ1) is 14.0. The molecule has 0 amide bonds. The van der Waals surface area contributed by atoms with Crippen LogP contribution in [0.2, 0.25) is 0 Å². The van der Waals surface area contributed by atoms with Gasteiger partial charge in [-0.05, 0) is 50.4 Å². The predicted octanol–water partition coefficient (Wildman–Crippen LogP) is 3.33. The van der Waals surface area contributed by atoms with Gasteiger partial charge in [0.05, 0.1) is 5.60 Å². The molecule has 2 N–H and O–H groups in total. The molecule has 0 bridgehead atoms. The molecule has 0 unspecified atom stereocenters. The van der Waals surface area contributed by atoms with Gasteiger partial charge in [-0.1, -0.05) is 22.9 Å². The van der Waals surface area contributed by atoms with Crippen molar-refractivity contribution in [2.45, 2.75) is 44.2 Å². The lowest BCUT2D eigenvalue weighted by Crippen LogP contribution is -2.40. The Bertz CT molecular complexity index is 416. The van der Waals surface area contributed by atoms with Crippen LogP contribution in [-0.4, -0.2) is 17.7 Å². The van der Waals surface area contributed by atoms with Crippen LogP contribution in [-0.2, 0) is 5.60 Å². The van der Waals surface area contributed by atoms with E-state index in [2.05, 4.69) is 28.2 Å². The van der Waals surface area contributed by atoms with Crippen molar-refractivity contribution >= 4 is 15.9 Å². The highest BCUT2D eigenvalue weighted by molar-refractivity contribution is 9.10. The van der Waals surface area contributed by atoms with Crippen molar-refractivity contribution in [3.05, 3.63) is 34.1 Å². The van der Waals surface area contributed by atoms with Crippen molar-refractivity contribution in [1.82, 2.24) is 5.32 Å². The van der Waals surface area contributed by atoms with Crippen LogP contribution in [0.25, 0.3) is 0 Å². The molecule has 1 aliphatic carbocycles. The smallest absolute Gasteiger partial charge is 0.129 e. The molecule has 2 rings (SSSR count). The van der Waals surface area contributed by atoms with E-state index in [9.17, 15) is 9.50 Å². The summed E-state index contributed by atoms with van der Waals surface area (Å²) in [5.74, 6) is -0.317. The van der Waals surface area contributed by atoms with Gasteiger partial charge in [-0.15, -0.1) is 0 Å². The van der Waals surface area contributed by atoms with Gasteiger partial charge >= 0.3 is 0 Å². The molecule has 0 saturated heterocycles. The van der Waals surface area contributed by atoms with Crippen molar-refractivity contribution in [2.75, 3.05) is 6.54 Å². The largest absolute Gasteiger partial charge is 0.385 e. The molecule has 0 aromatic heterocycles. The second-order valence-corrected chi connectivity index (χ2v) is 5.90. The molecule has 0 heterocycles. The van der Waals surface area contributed by atoms with Gasteiger partial charge in [0.15, 0.2) is 0 Å². The average molecular weight is 316 g/mol.